The van der Waals surface area contributed by atoms with Crippen molar-refractivity contribution in [1.29, 1.82) is 0 Å². The van der Waals surface area contributed by atoms with Gasteiger partial charge in [0.05, 0.1) is 6.10 Å². The van der Waals surface area contributed by atoms with Gasteiger partial charge in [-0.05, 0) is 43.7 Å². The molecule has 0 radical (unpaired) electrons. The summed E-state index contributed by atoms with van der Waals surface area (Å²) in [4.78, 5) is 0. The Hall–Kier alpha value is 0.270. The highest BCUT2D eigenvalue weighted by Gasteiger charge is 2.23. The van der Waals surface area contributed by atoms with Crippen molar-refractivity contribution in [3.05, 3.63) is 0 Å². The molecule has 0 aromatic rings. The third-order valence-electron chi connectivity index (χ3n) is 2.79. The van der Waals surface area contributed by atoms with Crippen LogP contribution in [0.1, 0.15) is 26.7 Å². The van der Waals surface area contributed by atoms with Gasteiger partial charge in [-0.1, -0.05) is 6.92 Å². The van der Waals surface area contributed by atoms with Crippen molar-refractivity contribution in [2.24, 2.45) is 5.92 Å². The lowest BCUT2D eigenvalue weighted by atomic mass is 10.0. The minimum absolute atomic E-state index is 0.465. The fourth-order valence-electron chi connectivity index (χ4n) is 1.78. The van der Waals surface area contributed by atoms with Gasteiger partial charge in [0.25, 0.3) is 0 Å². The van der Waals surface area contributed by atoms with Gasteiger partial charge in [0, 0.05) is 13.2 Å². The van der Waals surface area contributed by atoms with Crippen LogP contribution in [-0.2, 0) is 4.74 Å². The Balaban J connectivity index is 1.88. The van der Waals surface area contributed by atoms with Gasteiger partial charge in [0.15, 0.2) is 0 Å². The molecular formula is C11H23NOS. The van der Waals surface area contributed by atoms with Crippen molar-refractivity contribution in [2.75, 3.05) is 31.2 Å². The number of hydrogen-bond donors (Lipinski definition) is 1. The summed E-state index contributed by atoms with van der Waals surface area (Å²) < 4.78 is 5.52. The maximum atomic E-state index is 5.52. The maximum Gasteiger partial charge on any atom is 0.0588 e. The van der Waals surface area contributed by atoms with E-state index in [1.807, 2.05) is 11.8 Å². The normalized spacial score (nSPS) is 27.0. The zero-order chi connectivity index (χ0) is 10.2. The van der Waals surface area contributed by atoms with Crippen LogP contribution in [0.2, 0.25) is 0 Å². The van der Waals surface area contributed by atoms with Gasteiger partial charge in [0.2, 0.25) is 0 Å². The highest BCUT2D eigenvalue weighted by atomic mass is 32.2. The third kappa shape index (κ3) is 4.67. The predicted molar refractivity (Wildman–Crippen MR) is 64.0 cm³/mol. The molecule has 0 saturated carbocycles. The van der Waals surface area contributed by atoms with Crippen LogP contribution < -0.4 is 5.32 Å². The Bertz CT molecular complexity index is 143. The van der Waals surface area contributed by atoms with Crippen LogP contribution in [0.25, 0.3) is 0 Å². The quantitative estimate of drug-likeness (QED) is 0.660. The van der Waals surface area contributed by atoms with Crippen LogP contribution in [0.3, 0.4) is 0 Å². The summed E-state index contributed by atoms with van der Waals surface area (Å²) in [6, 6.07) is 0. The number of nitrogens with one attached hydrogen (secondary N) is 1. The van der Waals surface area contributed by atoms with Crippen LogP contribution in [-0.4, -0.2) is 37.3 Å². The predicted octanol–water partition coefficient (Wildman–Crippen LogP) is 2.14. The van der Waals surface area contributed by atoms with Crippen molar-refractivity contribution >= 4 is 11.8 Å². The number of ether oxygens (including phenoxy) is 1. The lowest BCUT2D eigenvalue weighted by Crippen LogP contribution is -2.27. The van der Waals surface area contributed by atoms with E-state index in [-0.39, 0.29) is 0 Å². The molecule has 2 unspecified atom stereocenters. The second kappa shape index (κ2) is 7.55. The molecule has 84 valence electrons. The summed E-state index contributed by atoms with van der Waals surface area (Å²) >= 11 is 2.03. The van der Waals surface area contributed by atoms with Crippen molar-refractivity contribution < 1.29 is 4.74 Å². The Morgan fingerprint density at radius 1 is 1.50 bits per heavy atom. The number of thioether (sulfide) groups is 1. The molecule has 3 heteroatoms. The standard InChI is InChI=1S/C11H23NOS/c1-3-14-8-4-6-12-9-11-5-7-13-10(11)2/h10-12H,3-9H2,1-2H3. The van der Waals surface area contributed by atoms with Crippen molar-refractivity contribution in [1.82, 2.24) is 5.32 Å². The summed E-state index contributed by atoms with van der Waals surface area (Å²) in [6.07, 6.45) is 2.99. The van der Waals surface area contributed by atoms with Crippen LogP contribution in [0, 0.1) is 5.92 Å². The SMILES string of the molecule is CCSCCCNCC1CCOC1C. The molecule has 2 atom stereocenters. The molecule has 0 aromatic carbocycles. The van der Waals surface area contributed by atoms with E-state index in [9.17, 15) is 0 Å². The zero-order valence-corrected chi connectivity index (χ0v) is 10.2. The summed E-state index contributed by atoms with van der Waals surface area (Å²) in [5, 5.41) is 3.52. The molecule has 0 amide bonds. The van der Waals surface area contributed by atoms with Crippen LogP contribution in [0.5, 0.6) is 0 Å². The highest BCUT2D eigenvalue weighted by Crippen LogP contribution is 2.19. The van der Waals surface area contributed by atoms with Crippen molar-refractivity contribution in [3.8, 4) is 0 Å². The zero-order valence-electron chi connectivity index (χ0n) is 9.42. The van der Waals surface area contributed by atoms with Crippen LogP contribution in [0.4, 0.5) is 0 Å². The summed E-state index contributed by atoms with van der Waals surface area (Å²) in [7, 11) is 0. The first-order valence-corrected chi connectivity index (χ1v) is 6.90. The number of rotatable bonds is 7. The molecule has 14 heavy (non-hydrogen) atoms. The Morgan fingerprint density at radius 3 is 3.00 bits per heavy atom. The molecule has 2 nitrogen and oxygen atoms in total. The van der Waals surface area contributed by atoms with E-state index in [0.29, 0.717) is 6.10 Å². The van der Waals surface area contributed by atoms with Crippen molar-refractivity contribution in [2.45, 2.75) is 32.8 Å². The molecule has 1 fully saturated rings. The van der Waals surface area contributed by atoms with Crippen molar-refractivity contribution in [3.63, 3.8) is 0 Å². The van der Waals surface area contributed by atoms with Gasteiger partial charge in [-0.15, -0.1) is 0 Å². The lowest BCUT2D eigenvalue weighted by molar-refractivity contribution is 0.105. The largest absolute Gasteiger partial charge is 0.378 e. The molecule has 1 saturated heterocycles. The summed E-state index contributed by atoms with van der Waals surface area (Å²) in [6.45, 7) is 7.66. The monoisotopic (exact) mass is 217 g/mol. The van der Waals surface area contributed by atoms with Crippen LogP contribution >= 0.6 is 11.8 Å². The first-order valence-electron chi connectivity index (χ1n) is 5.74. The average molecular weight is 217 g/mol. The maximum absolute atomic E-state index is 5.52. The van der Waals surface area contributed by atoms with Gasteiger partial charge >= 0.3 is 0 Å². The van der Waals surface area contributed by atoms with E-state index in [1.54, 1.807) is 0 Å². The van der Waals surface area contributed by atoms with E-state index in [4.69, 9.17) is 4.74 Å². The smallest absolute Gasteiger partial charge is 0.0588 e. The van der Waals surface area contributed by atoms with Gasteiger partial charge < -0.3 is 10.1 Å². The minimum atomic E-state index is 0.465. The molecule has 0 spiro atoms. The van der Waals surface area contributed by atoms with E-state index >= 15 is 0 Å². The molecule has 1 aliphatic rings. The van der Waals surface area contributed by atoms with Gasteiger partial charge in [-0.3, -0.25) is 0 Å². The Kier molecular flexibility index (Phi) is 6.65. The second-order valence-corrected chi connectivity index (χ2v) is 5.27. The lowest BCUT2D eigenvalue weighted by Gasteiger charge is -2.14. The van der Waals surface area contributed by atoms with E-state index in [1.165, 1.54) is 24.3 Å². The molecule has 1 heterocycles. The number of hydrogen-bond acceptors (Lipinski definition) is 3. The summed E-state index contributed by atoms with van der Waals surface area (Å²) in [5.41, 5.74) is 0. The molecule has 1 rings (SSSR count). The van der Waals surface area contributed by atoms with E-state index < -0.39 is 0 Å². The molecule has 0 aliphatic carbocycles. The molecule has 0 aromatic heterocycles. The van der Waals surface area contributed by atoms with Crippen LogP contribution in [0.15, 0.2) is 0 Å². The molecule has 0 bridgehead atoms. The third-order valence-corrected chi connectivity index (χ3v) is 3.77. The average Bonchev–Trinajstić information content (AvgIpc) is 2.58. The fraction of sp³-hybridized carbons (Fsp3) is 1.00. The highest BCUT2D eigenvalue weighted by molar-refractivity contribution is 7.99. The Labute approximate surface area is 92.2 Å². The second-order valence-electron chi connectivity index (χ2n) is 3.88. The molecular weight excluding hydrogens is 194 g/mol. The van der Waals surface area contributed by atoms with E-state index in [0.717, 1.165) is 25.6 Å². The molecule has 1 aliphatic heterocycles. The Morgan fingerprint density at radius 2 is 2.36 bits per heavy atom. The minimum Gasteiger partial charge on any atom is -0.378 e. The topological polar surface area (TPSA) is 21.3 Å². The molecule has 1 N–H and O–H groups in total. The van der Waals surface area contributed by atoms with Gasteiger partial charge in [0.1, 0.15) is 0 Å². The summed E-state index contributed by atoms with van der Waals surface area (Å²) in [5.74, 6) is 3.28. The van der Waals surface area contributed by atoms with Gasteiger partial charge in [-0.25, -0.2) is 0 Å². The first-order chi connectivity index (χ1) is 6.84. The fourth-order valence-corrected chi connectivity index (χ4v) is 2.41. The van der Waals surface area contributed by atoms with E-state index in [2.05, 4.69) is 19.2 Å². The first kappa shape index (κ1) is 12.3. The van der Waals surface area contributed by atoms with Gasteiger partial charge in [-0.2, -0.15) is 11.8 Å².